The molecule has 0 spiro atoms. The molecule has 3 aromatic rings. The fourth-order valence-corrected chi connectivity index (χ4v) is 7.38. The lowest BCUT2D eigenvalue weighted by Crippen LogP contribution is -2.54. The highest BCUT2D eigenvalue weighted by Crippen LogP contribution is 2.34. The first kappa shape index (κ1) is 34.6. The molecule has 0 aliphatic heterocycles. The normalized spacial score (nSPS) is 14.4. The molecule has 0 bridgehead atoms. The van der Waals surface area contributed by atoms with Crippen molar-refractivity contribution in [1.29, 1.82) is 0 Å². The average Bonchev–Trinajstić information content (AvgIpc) is 3.02. The highest BCUT2D eigenvalue weighted by atomic mass is 35.5. The maximum atomic E-state index is 14.4. The van der Waals surface area contributed by atoms with Crippen molar-refractivity contribution in [3.05, 3.63) is 87.4 Å². The molecule has 0 aromatic heterocycles. The second-order valence-corrected chi connectivity index (χ2v) is 14.2. The maximum absolute atomic E-state index is 14.4. The van der Waals surface area contributed by atoms with Gasteiger partial charge in [0.05, 0.1) is 27.7 Å². The SMILES string of the molecule is CC[C@H](C(=O)NC1CCCCC1)N(Cc1ccc(Cl)c(Cl)c1)C(=O)CN(c1cc(C)ccc1OC)S(=O)(=O)c1ccc(C)cc1. The summed E-state index contributed by atoms with van der Waals surface area (Å²) < 4.78 is 35.1. The van der Waals surface area contributed by atoms with E-state index in [0.717, 1.165) is 47.5 Å². The van der Waals surface area contributed by atoms with E-state index in [4.69, 9.17) is 27.9 Å². The van der Waals surface area contributed by atoms with Gasteiger partial charge in [-0.3, -0.25) is 13.9 Å². The molecule has 242 valence electrons. The van der Waals surface area contributed by atoms with Gasteiger partial charge in [0.15, 0.2) is 0 Å². The summed E-state index contributed by atoms with van der Waals surface area (Å²) in [6.07, 6.45) is 5.32. The summed E-state index contributed by atoms with van der Waals surface area (Å²) in [6, 6.07) is 15.8. The Kier molecular flexibility index (Phi) is 11.8. The van der Waals surface area contributed by atoms with Gasteiger partial charge >= 0.3 is 0 Å². The number of hydrogen-bond donors (Lipinski definition) is 1. The number of aryl methyl sites for hydroxylation is 2. The van der Waals surface area contributed by atoms with Crippen LogP contribution in [0.15, 0.2) is 65.6 Å². The van der Waals surface area contributed by atoms with Crippen molar-refractivity contribution in [2.24, 2.45) is 0 Å². The minimum absolute atomic E-state index is 0.0235. The molecular formula is C34H41Cl2N3O5S. The lowest BCUT2D eigenvalue weighted by atomic mass is 9.95. The molecule has 3 aromatic carbocycles. The van der Waals surface area contributed by atoms with Crippen LogP contribution in [-0.2, 0) is 26.2 Å². The third kappa shape index (κ3) is 8.51. The molecule has 1 fully saturated rings. The zero-order valence-electron chi connectivity index (χ0n) is 26.2. The Morgan fingerprint density at radius 1 is 0.933 bits per heavy atom. The van der Waals surface area contributed by atoms with Crippen LogP contribution in [0.3, 0.4) is 0 Å². The van der Waals surface area contributed by atoms with Gasteiger partial charge < -0.3 is 15.0 Å². The number of ether oxygens (including phenoxy) is 1. The van der Waals surface area contributed by atoms with Crippen LogP contribution in [0.2, 0.25) is 10.0 Å². The minimum Gasteiger partial charge on any atom is -0.495 e. The summed E-state index contributed by atoms with van der Waals surface area (Å²) in [5.41, 5.74) is 2.56. The highest BCUT2D eigenvalue weighted by molar-refractivity contribution is 7.92. The molecule has 0 saturated heterocycles. The van der Waals surface area contributed by atoms with Gasteiger partial charge in [-0.15, -0.1) is 0 Å². The van der Waals surface area contributed by atoms with Gasteiger partial charge in [-0.2, -0.15) is 0 Å². The van der Waals surface area contributed by atoms with Gasteiger partial charge in [0.2, 0.25) is 11.8 Å². The largest absolute Gasteiger partial charge is 0.495 e. The molecule has 0 heterocycles. The maximum Gasteiger partial charge on any atom is 0.264 e. The summed E-state index contributed by atoms with van der Waals surface area (Å²) in [6.45, 7) is 5.00. The Bertz CT molecular complexity index is 1610. The van der Waals surface area contributed by atoms with Crippen molar-refractivity contribution in [1.82, 2.24) is 10.2 Å². The van der Waals surface area contributed by atoms with Crippen molar-refractivity contribution in [3.63, 3.8) is 0 Å². The lowest BCUT2D eigenvalue weighted by molar-refractivity contribution is -0.140. The molecule has 1 aliphatic carbocycles. The van der Waals surface area contributed by atoms with Crippen LogP contribution in [0, 0.1) is 13.8 Å². The number of halogens is 2. The van der Waals surface area contributed by atoms with E-state index >= 15 is 0 Å². The molecule has 11 heteroatoms. The number of nitrogens with zero attached hydrogens (tertiary/aromatic N) is 2. The van der Waals surface area contributed by atoms with Gasteiger partial charge in [0.1, 0.15) is 18.3 Å². The van der Waals surface area contributed by atoms with Gasteiger partial charge in [-0.05, 0) is 80.6 Å². The lowest BCUT2D eigenvalue weighted by Gasteiger charge is -2.34. The van der Waals surface area contributed by atoms with Crippen molar-refractivity contribution in [2.75, 3.05) is 18.0 Å². The molecule has 45 heavy (non-hydrogen) atoms. The number of carbonyl (C=O) groups excluding carboxylic acids is 2. The summed E-state index contributed by atoms with van der Waals surface area (Å²) in [7, 11) is -2.79. The summed E-state index contributed by atoms with van der Waals surface area (Å²) >= 11 is 12.5. The smallest absolute Gasteiger partial charge is 0.264 e. The van der Waals surface area contributed by atoms with Crippen LogP contribution in [0.25, 0.3) is 0 Å². The molecule has 1 saturated carbocycles. The Hall–Kier alpha value is -3.27. The molecule has 1 N–H and O–H groups in total. The van der Waals surface area contributed by atoms with E-state index in [1.165, 1.54) is 24.1 Å². The zero-order valence-corrected chi connectivity index (χ0v) is 28.5. The predicted molar refractivity (Wildman–Crippen MR) is 180 cm³/mol. The Balaban J connectivity index is 1.77. The number of benzene rings is 3. The van der Waals surface area contributed by atoms with Gasteiger partial charge in [-0.1, -0.05) is 79.2 Å². The molecule has 0 radical (unpaired) electrons. The van der Waals surface area contributed by atoms with E-state index in [1.54, 1.807) is 48.5 Å². The number of rotatable bonds is 12. The molecule has 1 atom stereocenters. The average molecular weight is 675 g/mol. The molecule has 4 rings (SSSR count). The van der Waals surface area contributed by atoms with Gasteiger partial charge in [0.25, 0.3) is 10.0 Å². The van der Waals surface area contributed by atoms with Gasteiger partial charge in [-0.25, -0.2) is 8.42 Å². The van der Waals surface area contributed by atoms with E-state index < -0.39 is 28.5 Å². The van der Waals surface area contributed by atoms with Crippen LogP contribution in [-0.4, -0.2) is 50.9 Å². The van der Waals surface area contributed by atoms with Gasteiger partial charge in [0, 0.05) is 12.6 Å². The zero-order chi connectivity index (χ0) is 32.7. The number of amides is 2. The number of nitrogens with one attached hydrogen (secondary N) is 1. The Morgan fingerprint density at radius 3 is 2.22 bits per heavy atom. The highest BCUT2D eigenvalue weighted by Gasteiger charge is 2.35. The van der Waals surface area contributed by atoms with E-state index in [0.29, 0.717) is 27.8 Å². The van der Waals surface area contributed by atoms with Crippen molar-refractivity contribution < 1.29 is 22.7 Å². The first-order valence-corrected chi connectivity index (χ1v) is 17.4. The third-order valence-corrected chi connectivity index (χ3v) is 10.7. The first-order valence-electron chi connectivity index (χ1n) is 15.2. The molecule has 1 aliphatic rings. The van der Waals surface area contributed by atoms with E-state index in [9.17, 15) is 18.0 Å². The van der Waals surface area contributed by atoms with E-state index in [2.05, 4.69) is 5.32 Å². The van der Waals surface area contributed by atoms with Crippen molar-refractivity contribution in [2.45, 2.75) is 82.8 Å². The van der Waals surface area contributed by atoms with Crippen LogP contribution >= 0.6 is 23.2 Å². The quantitative estimate of drug-likeness (QED) is 0.222. The molecule has 0 unspecified atom stereocenters. The second kappa shape index (κ2) is 15.3. The fourth-order valence-electron chi connectivity index (χ4n) is 5.64. The second-order valence-electron chi connectivity index (χ2n) is 11.5. The minimum atomic E-state index is -4.24. The van der Waals surface area contributed by atoms with Crippen LogP contribution in [0.5, 0.6) is 5.75 Å². The van der Waals surface area contributed by atoms with Crippen LogP contribution in [0.4, 0.5) is 5.69 Å². The number of sulfonamides is 1. The number of carbonyl (C=O) groups is 2. The predicted octanol–water partition coefficient (Wildman–Crippen LogP) is 7.07. The monoisotopic (exact) mass is 673 g/mol. The first-order chi connectivity index (χ1) is 21.4. The standard InChI is InChI=1S/C34H41Cl2N3O5S/c1-5-30(34(41)37-26-9-7-6-8-10-26)38(21-25-14-17-28(35)29(36)20-25)33(40)22-39(31-19-24(3)13-18-32(31)44-4)45(42,43)27-15-11-23(2)12-16-27/h11-20,26,30H,5-10,21-22H2,1-4H3,(H,37,41)/t30-/m1/s1. The van der Waals surface area contributed by atoms with Crippen molar-refractivity contribution >= 4 is 50.7 Å². The number of anilines is 1. The van der Waals surface area contributed by atoms with E-state index in [1.807, 2.05) is 20.8 Å². The third-order valence-electron chi connectivity index (χ3n) is 8.17. The van der Waals surface area contributed by atoms with Crippen LogP contribution in [0.1, 0.15) is 62.1 Å². The Morgan fingerprint density at radius 2 is 1.60 bits per heavy atom. The van der Waals surface area contributed by atoms with E-state index in [-0.39, 0.29) is 29.1 Å². The molecule has 2 amide bonds. The van der Waals surface area contributed by atoms with Crippen molar-refractivity contribution in [3.8, 4) is 5.75 Å². The van der Waals surface area contributed by atoms with Crippen LogP contribution < -0.4 is 14.4 Å². The molecule has 8 nitrogen and oxygen atoms in total. The number of methoxy groups -OCH3 is 1. The number of hydrogen-bond acceptors (Lipinski definition) is 5. The topological polar surface area (TPSA) is 96.0 Å². The summed E-state index contributed by atoms with van der Waals surface area (Å²) in [5, 5.41) is 3.83. The molecular weight excluding hydrogens is 633 g/mol. The summed E-state index contributed by atoms with van der Waals surface area (Å²) in [4.78, 5) is 29.7. The fraction of sp³-hybridized carbons (Fsp3) is 0.412. The summed E-state index contributed by atoms with van der Waals surface area (Å²) in [5.74, 6) is -0.521. The Labute approximate surface area is 276 Å².